The van der Waals surface area contributed by atoms with E-state index in [1.165, 1.54) is 14.2 Å². The first-order valence-electron chi connectivity index (χ1n) is 8.10. The molecular formula is C18H30IN3O3. The summed E-state index contributed by atoms with van der Waals surface area (Å²) in [5.74, 6) is 1.67. The van der Waals surface area contributed by atoms with Crippen LogP contribution in [0.3, 0.4) is 0 Å². The van der Waals surface area contributed by atoms with E-state index in [2.05, 4.69) is 42.9 Å². The topological polar surface area (TPSA) is 66.3 Å². The van der Waals surface area contributed by atoms with Crippen LogP contribution in [0.15, 0.2) is 17.1 Å². The number of benzene rings is 1. The number of likely N-dealkylation sites (tertiary alicyclic amines) is 1. The zero-order valence-corrected chi connectivity index (χ0v) is 18.5. The minimum atomic E-state index is 0. The highest BCUT2D eigenvalue weighted by molar-refractivity contribution is 14.0. The lowest BCUT2D eigenvalue weighted by Crippen LogP contribution is -2.72. The molecule has 25 heavy (non-hydrogen) atoms. The molecule has 0 radical (unpaired) electrons. The van der Waals surface area contributed by atoms with Gasteiger partial charge in [-0.1, -0.05) is 13.8 Å². The number of hydrogen-bond acceptors (Lipinski definition) is 4. The highest BCUT2D eigenvalue weighted by Gasteiger charge is 2.53. The van der Waals surface area contributed by atoms with E-state index in [0.717, 1.165) is 18.1 Å². The van der Waals surface area contributed by atoms with Crippen LogP contribution in [-0.4, -0.2) is 49.3 Å². The molecule has 1 aromatic carbocycles. The molecule has 1 aliphatic rings. The van der Waals surface area contributed by atoms with E-state index in [0.29, 0.717) is 18.0 Å². The van der Waals surface area contributed by atoms with Gasteiger partial charge in [0.05, 0.1) is 14.2 Å². The van der Waals surface area contributed by atoms with Gasteiger partial charge < -0.3 is 24.8 Å². The minimum Gasteiger partial charge on any atom is -0.502 e. The van der Waals surface area contributed by atoms with Crippen molar-refractivity contribution in [1.29, 1.82) is 0 Å². The number of methoxy groups -OCH3 is 2. The predicted octanol–water partition coefficient (Wildman–Crippen LogP) is 3.22. The SMILES string of the molecule is CN=C(NCc1cc(OC)c(O)c(OC)c1)N1CC(C)(C)C1(C)C.I. The maximum Gasteiger partial charge on any atom is 0.200 e. The Morgan fingerprint density at radius 1 is 1.20 bits per heavy atom. The molecule has 1 saturated heterocycles. The Labute approximate surface area is 167 Å². The van der Waals surface area contributed by atoms with Gasteiger partial charge in [-0.25, -0.2) is 0 Å². The smallest absolute Gasteiger partial charge is 0.200 e. The number of phenols is 1. The van der Waals surface area contributed by atoms with Crippen molar-refractivity contribution in [3.63, 3.8) is 0 Å². The summed E-state index contributed by atoms with van der Waals surface area (Å²) >= 11 is 0. The highest BCUT2D eigenvalue weighted by atomic mass is 127. The molecule has 0 unspecified atom stereocenters. The average molecular weight is 463 g/mol. The van der Waals surface area contributed by atoms with Crippen molar-refractivity contribution >= 4 is 29.9 Å². The average Bonchev–Trinajstić information content (AvgIpc) is 2.55. The first-order valence-corrected chi connectivity index (χ1v) is 8.10. The number of nitrogens with one attached hydrogen (secondary N) is 1. The van der Waals surface area contributed by atoms with Crippen LogP contribution < -0.4 is 14.8 Å². The number of halogens is 1. The predicted molar refractivity (Wildman–Crippen MR) is 111 cm³/mol. The molecule has 2 N–H and O–H groups in total. The van der Waals surface area contributed by atoms with Crippen molar-refractivity contribution in [3.8, 4) is 17.2 Å². The number of rotatable bonds is 4. The van der Waals surface area contributed by atoms with E-state index < -0.39 is 0 Å². The van der Waals surface area contributed by atoms with Crippen molar-refractivity contribution in [1.82, 2.24) is 10.2 Å². The minimum absolute atomic E-state index is 0. The van der Waals surface area contributed by atoms with Gasteiger partial charge in [0, 0.05) is 31.1 Å². The van der Waals surface area contributed by atoms with Gasteiger partial charge in [0.2, 0.25) is 5.75 Å². The normalized spacial score (nSPS) is 18.0. The van der Waals surface area contributed by atoms with Gasteiger partial charge in [0.1, 0.15) is 0 Å². The number of nitrogens with zero attached hydrogens (tertiary/aromatic N) is 2. The fraction of sp³-hybridized carbons (Fsp3) is 0.611. The molecule has 6 nitrogen and oxygen atoms in total. The molecule has 1 fully saturated rings. The van der Waals surface area contributed by atoms with Crippen LogP contribution in [0.4, 0.5) is 0 Å². The van der Waals surface area contributed by atoms with Crippen molar-refractivity contribution in [2.45, 2.75) is 39.8 Å². The third-order valence-corrected chi connectivity index (χ3v) is 5.34. The van der Waals surface area contributed by atoms with Crippen LogP contribution in [0.5, 0.6) is 17.2 Å². The van der Waals surface area contributed by atoms with Gasteiger partial charge in [-0.3, -0.25) is 4.99 Å². The first-order chi connectivity index (χ1) is 11.2. The summed E-state index contributed by atoms with van der Waals surface area (Å²) in [7, 11) is 4.84. The third-order valence-electron chi connectivity index (χ3n) is 5.34. The molecule has 1 aliphatic heterocycles. The van der Waals surface area contributed by atoms with E-state index in [-0.39, 0.29) is 40.7 Å². The standard InChI is InChI=1S/C18H29N3O3.HI/c1-17(2)11-21(18(17,3)4)16(19-5)20-10-12-8-13(23-6)15(22)14(9-12)24-7;/h8-9,22H,10-11H2,1-7H3,(H,19,20);1H. The number of aliphatic imine (C=N–C) groups is 1. The van der Waals surface area contributed by atoms with Crippen molar-refractivity contribution in [2.75, 3.05) is 27.8 Å². The zero-order chi connectivity index (χ0) is 18.1. The molecule has 7 heteroatoms. The van der Waals surface area contributed by atoms with Gasteiger partial charge in [-0.15, -0.1) is 24.0 Å². The Bertz CT molecular complexity index is 619. The Balaban J connectivity index is 0.00000312. The number of phenolic OH excluding ortho intramolecular Hbond substituents is 1. The fourth-order valence-electron chi connectivity index (χ4n) is 2.93. The van der Waals surface area contributed by atoms with Crippen LogP contribution in [-0.2, 0) is 6.54 Å². The lowest BCUT2D eigenvalue weighted by molar-refractivity contribution is -0.0667. The molecule has 1 heterocycles. The summed E-state index contributed by atoms with van der Waals surface area (Å²) in [6.07, 6.45) is 0. The van der Waals surface area contributed by atoms with Gasteiger partial charge in [0.15, 0.2) is 17.5 Å². The Morgan fingerprint density at radius 3 is 2.08 bits per heavy atom. The van der Waals surface area contributed by atoms with Crippen LogP contribution in [0, 0.1) is 5.41 Å². The maximum absolute atomic E-state index is 10.00. The largest absolute Gasteiger partial charge is 0.502 e. The second-order valence-electron chi connectivity index (χ2n) is 7.28. The van der Waals surface area contributed by atoms with E-state index in [4.69, 9.17) is 9.47 Å². The molecule has 0 aromatic heterocycles. The Kier molecular flexibility index (Phi) is 6.83. The molecule has 0 amide bonds. The summed E-state index contributed by atoms with van der Waals surface area (Å²) < 4.78 is 10.4. The molecule has 0 bridgehead atoms. The lowest BCUT2D eigenvalue weighted by atomic mass is 9.65. The lowest BCUT2D eigenvalue weighted by Gasteiger charge is -2.62. The third kappa shape index (κ3) is 3.91. The molecule has 142 valence electrons. The molecule has 0 saturated carbocycles. The molecular weight excluding hydrogens is 433 g/mol. The number of hydrogen-bond donors (Lipinski definition) is 2. The molecule has 0 atom stereocenters. The Hall–Kier alpha value is -1.38. The summed E-state index contributed by atoms with van der Waals surface area (Å²) in [6.45, 7) is 10.5. The molecule has 0 spiro atoms. The van der Waals surface area contributed by atoms with Gasteiger partial charge >= 0.3 is 0 Å². The van der Waals surface area contributed by atoms with Crippen molar-refractivity contribution < 1.29 is 14.6 Å². The van der Waals surface area contributed by atoms with E-state index in [1.807, 2.05) is 0 Å². The number of guanidine groups is 1. The van der Waals surface area contributed by atoms with E-state index in [9.17, 15) is 5.11 Å². The van der Waals surface area contributed by atoms with Gasteiger partial charge in [0.25, 0.3) is 0 Å². The van der Waals surface area contributed by atoms with E-state index >= 15 is 0 Å². The van der Waals surface area contributed by atoms with Crippen LogP contribution in [0.25, 0.3) is 0 Å². The fourth-order valence-corrected chi connectivity index (χ4v) is 2.93. The summed E-state index contributed by atoms with van der Waals surface area (Å²) in [4.78, 5) is 6.69. The van der Waals surface area contributed by atoms with Crippen molar-refractivity contribution in [2.24, 2.45) is 10.4 Å². The van der Waals surface area contributed by atoms with Crippen molar-refractivity contribution in [3.05, 3.63) is 17.7 Å². The summed E-state index contributed by atoms with van der Waals surface area (Å²) in [6, 6.07) is 3.59. The highest BCUT2D eigenvalue weighted by Crippen LogP contribution is 2.46. The first kappa shape index (κ1) is 21.7. The van der Waals surface area contributed by atoms with Crippen LogP contribution in [0.2, 0.25) is 0 Å². The monoisotopic (exact) mass is 463 g/mol. The van der Waals surface area contributed by atoms with Gasteiger partial charge in [-0.05, 0) is 31.5 Å². The molecule has 2 rings (SSSR count). The molecule has 0 aliphatic carbocycles. The number of aromatic hydroxyl groups is 1. The zero-order valence-electron chi connectivity index (χ0n) is 16.1. The molecule has 1 aromatic rings. The summed E-state index contributed by atoms with van der Waals surface area (Å²) in [5.41, 5.74) is 1.23. The van der Waals surface area contributed by atoms with E-state index in [1.54, 1.807) is 19.2 Å². The quantitative estimate of drug-likeness (QED) is 0.408. The summed E-state index contributed by atoms with van der Waals surface area (Å²) in [5, 5.41) is 13.4. The second kappa shape index (κ2) is 7.88. The number of ether oxygens (including phenoxy) is 2. The van der Waals surface area contributed by atoms with Gasteiger partial charge in [-0.2, -0.15) is 0 Å². The maximum atomic E-state index is 10.00. The second-order valence-corrected chi connectivity index (χ2v) is 7.28. The van der Waals surface area contributed by atoms with Crippen LogP contribution in [0.1, 0.15) is 33.3 Å². The Morgan fingerprint density at radius 2 is 1.72 bits per heavy atom. The van der Waals surface area contributed by atoms with Crippen LogP contribution >= 0.6 is 24.0 Å².